The second-order valence-electron chi connectivity index (χ2n) is 2.65. The van der Waals surface area contributed by atoms with Gasteiger partial charge in [0.25, 0.3) is 5.69 Å². The van der Waals surface area contributed by atoms with Gasteiger partial charge in [-0.15, -0.1) is 0 Å². The van der Waals surface area contributed by atoms with E-state index in [-0.39, 0.29) is 17.7 Å². The Morgan fingerprint density at radius 2 is 2.40 bits per heavy atom. The van der Waals surface area contributed by atoms with Gasteiger partial charge >= 0.3 is 5.97 Å². The molecule has 0 atom stereocenters. The minimum absolute atomic E-state index is 0.151. The second-order valence-corrected chi connectivity index (χ2v) is 3.46. The van der Waals surface area contributed by atoms with Crippen molar-refractivity contribution >= 4 is 27.6 Å². The number of nitrogens with zero attached hydrogens (tertiary/aromatic N) is 2. The summed E-state index contributed by atoms with van der Waals surface area (Å²) in [6.45, 7) is 0. The molecule has 15 heavy (non-hydrogen) atoms. The molecule has 0 aliphatic carbocycles. The Hall–Kier alpha value is -1.50. The number of hydrogen-bond acceptors (Lipinski definition) is 5. The molecule has 0 aromatic carbocycles. The molecule has 7 heteroatoms. The normalized spacial score (nSPS) is 9.73. The minimum Gasteiger partial charge on any atom is -0.469 e. The van der Waals surface area contributed by atoms with Gasteiger partial charge in [-0.2, -0.15) is 0 Å². The lowest BCUT2D eigenvalue weighted by molar-refractivity contribution is -0.385. The summed E-state index contributed by atoms with van der Waals surface area (Å²) in [6, 6.07) is 1.25. The van der Waals surface area contributed by atoms with Gasteiger partial charge in [0.1, 0.15) is 4.60 Å². The molecule has 1 heterocycles. The Balaban J connectivity index is 3.06. The zero-order chi connectivity index (χ0) is 11.4. The van der Waals surface area contributed by atoms with Gasteiger partial charge in [0.05, 0.1) is 24.0 Å². The van der Waals surface area contributed by atoms with E-state index in [9.17, 15) is 14.9 Å². The molecule has 1 aromatic rings. The molecule has 0 bridgehead atoms. The summed E-state index contributed by atoms with van der Waals surface area (Å²) in [6.07, 6.45) is 1.12. The molecule has 1 rings (SSSR count). The van der Waals surface area contributed by atoms with E-state index in [1.165, 1.54) is 19.4 Å². The quantitative estimate of drug-likeness (QED) is 0.361. The first-order valence-electron chi connectivity index (χ1n) is 3.90. The van der Waals surface area contributed by atoms with Crippen molar-refractivity contribution in [1.29, 1.82) is 0 Å². The summed E-state index contributed by atoms with van der Waals surface area (Å²) in [5.41, 5.74) is 0.0809. The van der Waals surface area contributed by atoms with Crippen molar-refractivity contribution < 1.29 is 14.5 Å². The lowest BCUT2D eigenvalue weighted by Crippen LogP contribution is -2.07. The Kier molecular flexibility index (Phi) is 3.73. The Bertz CT molecular complexity index is 408. The average molecular weight is 275 g/mol. The summed E-state index contributed by atoms with van der Waals surface area (Å²) in [7, 11) is 1.22. The molecular weight excluding hydrogens is 268 g/mol. The number of nitro groups is 1. The zero-order valence-corrected chi connectivity index (χ0v) is 9.35. The Morgan fingerprint density at radius 3 is 2.93 bits per heavy atom. The summed E-state index contributed by atoms with van der Waals surface area (Å²) in [4.78, 5) is 24.9. The molecule has 0 spiro atoms. The number of esters is 1. The third-order valence-corrected chi connectivity index (χ3v) is 2.12. The van der Waals surface area contributed by atoms with Crippen LogP contribution in [0.15, 0.2) is 16.9 Å². The van der Waals surface area contributed by atoms with Crippen LogP contribution in [-0.4, -0.2) is 23.0 Å². The summed E-state index contributed by atoms with van der Waals surface area (Å²) < 4.78 is 4.77. The predicted molar refractivity (Wildman–Crippen MR) is 54.3 cm³/mol. The van der Waals surface area contributed by atoms with Gasteiger partial charge in [-0.1, -0.05) is 0 Å². The Labute approximate surface area is 93.5 Å². The van der Waals surface area contributed by atoms with Crippen LogP contribution >= 0.6 is 15.9 Å². The van der Waals surface area contributed by atoms with Crippen LogP contribution in [0.5, 0.6) is 0 Å². The molecule has 6 nitrogen and oxygen atoms in total. The zero-order valence-electron chi connectivity index (χ0n) is 7.77. The molecule has 0 unspecified atom stereocenters. The standard InChI is InChI=1S/C8H7BrN2O4/c1-15-8(12)2-5-4-10-7(9)3-6(5)11(13)14/h3-4H,2H2,1H3. The highest BCUT2D eigenvalue weighted by Crippen LogP contribution is 2.21. The van der Waals surface area contributed by atoms with Crippen LogP contribution in [0.1, 0.15) is 5.56 Å². The van der Waals surface area contributed by atoms with Crippen molar-refractivity contribution in [2.45, 2.75) is 6.42 Å². The van der Waals surface area contributed by atoms with Crippen molar-refractivity contribution in [3.05, 3.63) is 32.5 Å². The molecule has 0 N–H and O–H groups in total. The summed E-state index contributed by atoms with van der Waals surface area (Å²) in [5.74, 6) is -0.540. The lowest BCUT2D eigenvalue weighted by Gasteiger charge is -2.01. The van der Waals surface area contributed by atoms with E-state index in [2.05, 4.69) is 25.7 Å². The first-order chi connectivity index (χ1) is 7.04. The number of rotatable bonds is 3. The van der Waals surface area contributed by atoms with Crippen LogP contribution in [0.3, 0.4) is 0 Å². The van der Waals surface area contributed by atoms with E-state index in [1.54, 1.807) is 0 Å². The van der Waals surface area contributed by atoms with Gasteiger partial charge in [0, 0.05) is 12.3 Å². The summed E-state index contributed by atoms with van der Waals surface area (Å²) in [5, 5.41) is 10.6. The maximum atomic E-state index is 11.0. The van der Waals surface area contributed by atoms with Crippen LogP contribution < -0.4 is 0 Å². The van der Waals surface area contributed by atoms with Crippen LogP contribution in [0.4, 0.5) is 5.69 Å². The van der Waals surface area contributed by atoms with Gasteiger partial charge < -0.3 is 4.74 Å². The number of ether oxygens (including phenoxy) is 1. The van der Waals surface area contributed by atoms with Crippen molar-refractivity contribution in [2.24, 2.45) is 0 Å². The fourth-order valence-corrected chi connectivity index (χ4v) is 1.30. The van der Waals surface area contributed by atoms with Gasteiger partial charge in [0.15, 0.2) is 0 Å². The second kappa shape index (κ2) is 4.83. The van der Waals surface area contributed by atoms with Gasteiger partial charge in [-0.05, 0) is 15.9 Å². The smallest absolute Gasteiger partial charge is 0.310 e. The van der Waals surface area contributed by atoms with E-state index in [1.807, 2.05) is 0 Å². The molecule has 0 radical (unpaired) electrons. The fourth-order valence-electron chi connectivity index (χ4n) is 0.982. The first-order valence-corrected chi connectivity index (χ1v) is 4.69. The van der Waals surface area contributed by atoms with Crippen molar-refractivity contribution in [3.8, 4) is 0 Å². The molecule has 0 saturated heterocycles. The van der Waals surface area contributed by atoms with E-state index in [4.69, 9.17) is 0 Å². The predicted octanol–water partition coefficient (Wildman–Crippen LogP) is 1.47. The number of pyridine rings is 1. The van der Waals surface area contributed by atoms with E-state index >= 15 is 0 Å². The first kappa shape index (κ1) is 11.6. The van der Waals surface area contributed by atoms with Gasteiger partial charge in [-0.3, -0.25) is 14.9 Å². The van der Waals surface area contributed by atoms with Gasteiger partial charge in [-0.25, -0.2) is 4.98 Å². The minimum atomic E-state index is -0.565. The highest BCUT2D eigenvalue weighted by molar-refractivity contribution is 9.10. The largest absolute Gasteiger partial charge is 0.469 e. The third-order valence-electron chi connectivity index (χ3n) is 1.69. The average Bonchev–Trinajstić information content (AvgIpc) is 2.20. The van der Waals surface area contributed by atoms with E-state index in [0.29, 0.717) is 4.60 Å². The number of halogens is 1. The molecular formula is C8H7BrN2O4. The fraction of sp³-hybridized carbons (Fsp3) is 0.250. The maximum absolute atomic E-state index is 11.0. The van der Waals surface area contributed by atoms with Crippen LogP contribution in [0.2, 0.25) is 0 Å². The lowest BCUT2D eigenvalue weighted by atomic mass is 10.2. The molecule has 0 amide bonds. The van der Waals surface area contributed by atoms with Crippen LogP contribution in [-0.2, 0) is 16.0 Å². The highest BCUT2D eigenvalue weighted by Gasteiger charge is 2.17. The van der Waals surface area contributed by atoms with E-state index in [0.717, 1.165) is 0 Å². The van der Waals surface area contributed by atoms with Crippen LogP contribution in [0.25, 0.3) is 0 Å². The molecule has 1 aromatic heterocycles. The van der Waals surface area contributed by atoms with Gasteiger partial charge in [0.2, 0.25) is 0 Å². The number of carbonyl (C=O) groups is 1. The van der Waals surface area contributed by atoms with E-state index < -0.39 is 10.9 Å². The maximum Gasteiger partial charge on any atom is 0.310 e. The molecule has 0 aliphatic rings. The third kappa shape index (κ3) is 2.98. The highest BCUT2D eigenvalue weighted by atomic mass is 79.9. The summed E-state index contributed by atoms with van der Waals surface area (Å²) >= 11 is 3.02. The number of methoxy groups -OCH3 is 1. The van der Waals surface area contributed by atoms with Crippen molar-refractivity contribution in [1.82, 2.24) is 4.98 Å². The number of hydrogen-bond donors (Lipinski definition) is 0. The van der Waals surface area contributed by atoms with Crippen molar-refractivity contribution in [2.75, 3.05) is 7.11 Å². The molecule has 0 fully saturated rings. The van der Waals surface area contributed by atoms with Crippen LogP contribution in [0, 0.1) is 10.1 Å². The number of aromatic nitrogens is 1. The monoisotopic (exact) mass is 274 g/mol. The van der Waals surface area contributed by atoms with Crippen molar-refractivity contribution in [3.63, 3.8) is 0 Å². The molecule has 0 aliphatic heterocycles. The SMILES string of the molecule is COC(=O)Cc1cnc(Br)cc1[N+](=O)[O-]. The topological polar surface area (TPSA) is 82.3 Å². The Morgan fingerprint density at radius 1 is 1.73 bits per heavy atom. The molecule has 0 saturated carbocycles. The number of carbonyl (C=O) groups excluding carboxylic acids is 1. The molecule has 80 valence electrons.